The Morgan fingerprint density at radius 1 is 1.21 bits per heavy atom. The molecule has 0 radical (unpaired) electrons. The van der Waals surface area contributed by atoms with E-state index >= 15 is 0 Å². The minimum Gasteiger partial charge on any atom is -0.334 e. The first-order valence-electron chi connectivity index (χ1n) is 5.76. The van der Waals surface area contributed by atoms with Gasteiger partial charge in [-0.2, -0.15) is 0 Å². The number of nitrogens with zero attached hydrogens (tertiary/aromatic N) is 4. The molecule has 0 aliphatic heterocycles. The van der Waals surface area contributed by atoms with Gasteiger partial charge in [-0.05, 0) is 36.8 Å². The van der Waals surface area contributed by atoms with Crippen molar-refractivity contribution in [2.24, 2.45) is 0 Å². The normalized spacial score (nSPS) is 11.9. The number of carbonyl (C=O) groups is 1. The highest BCUT2D eigenvalue weighted by Gasteiger charge is 2.20. The maximum atomic E-state index is 12.2. The number of aromatic nitrogens is 3. The van der Waals surface area contributed by atoms with Gasteiger partial charge in [0, 0.05) is 19.4 Å². The Kier molecular flexibility index (Phi) is 4.06. The van der Waals surface area contributed by atoms with E-state index in [9.17, 15) is 4.79 Å². The molecule has 19 heavy (non-hydrogen) atoms. The smallest absolute Gasteiger partial charge is 0.274 e. The molecule has 6 heteroatoms. The van der Waals surface area contributed by atoms with E-state index in [4.69, 9.17) is 11.6 Å². The van der Waals surface area contributed by atoms with E-state index in [1.807, 2.05) is 19.1 Å². The third kappa shape index (κ3) is 3.06. The zero-order valence-corrected chi connectivity index (χ0v) is 11.4. The molecule has 2 aromatic heterocycles. The highest BCUT2D eigenvalue weighted by atomic mass is 35.5. The van der Waals surface area contributed by atoms with Crippen LogP contribution < -0.4 is 0 Å². The van der Waals surface area contributed by atoms with Crippen LogP contribution in [-0.2, 0) is 0 Å². The van der Waals surface area contributed by atoms with Crippen LogP contribution in [0.1, 0.15) is 29.0 Å². The molecule has 98 valence electrons. The number of carbonyl (C=O) groups excluding carboxylic acids is 1. The lowest BCUT2D eigenvalue weighted by Crippen LogP contribution is -2.30. The molecular weight excluding hydrogens is 264 g/mol. The fraction of sp³-hybridized carbons (Fsp3) is 0.231. The second-order valence-electron chi connectivity index (χ2n) is 4.11. The predicted octanol–water partition coefficient (Wildman–Crippen LogP) is 2.36. The monoisotopic (exact) mass is 276 g/mol. The van der Waals surface area contributed by atoms with E-state index in [0.29, 0.717) is 0 Å². The Bertz CT molecular complexity index is 559. The Hall–Kier alpha value is -2.01. The van der Waals surface area contributed by atoms with Crippen molar-refractivity contribution in [3.05, 3.63) is 53.1 Å². The lowest BCUT2D eigenvalue weighted by molar-refractivity contribution is 0.0735. The van der Waals surface area contributed by atoms with Crippen molar-refractivity contribution < 1.29 is 4.79 Å². The van der Waals surface area contributed by atoms with E-state index in [-0.39, 0.29) is 22.8 Å². The van der Waals surface area contributed by atoms with Gasteiger partial charge in [-0.1, -0.05) is 11.6 Å². The third-order valence-corrected chi connectivity index (χ3v) is 3.14. The van der Waals surface area contributed by atoms with Crippen LogP contribution in [0.15, 0.2) is 36.7 Å². The summed E-state index contributed by atoms with van der Waals surface area (Å²) in [6, 6.07) is 6.79. The largest absolute Gasteiger partial charge is 0.334 e. The van der Waals surface area contributed by atoms with Gasteiger partial charge in [-0.15, -0.1) is 10.2 Å². The first kappa shape index (κ1) is 13.4. The van der Waals surface area contributed by atoms with Crippen LogP contribution in [0.4, 0.5) is 0 Å². The average molecular weight is 277 g/mol. The van der Waals surface area contributed by atoms with Crippen LogP contribution in [0.2, 0.25) is 5.15 Å². The molecule has 1 amide bonds. The van der Waals surface area contributed by atoms with Gasteiger partial charge < -0.3 is 4.90 Å². The summed E-state index contributed by atoms with van der Waals surface area (Å²) in [5.74, 6) is -0.200. The zero-order valence-electron chi connectivity index (χ0n) is 10.6. The van der Waals surface area contributed by atoms with Crippen molar-refractivity contribution in [1.29, 1.82) is 0 Å². The minimum atomic E-state index is -0.200. The molecule has 2 aromatic rings. The van der Waals surface area contributed by atoms with Crippen LogP contribution in [0.3, 0.4) is 0 Å². The van der Waals surface area contributed by atoms with Crippen molar-refractivity contribution in [3.8, 4) is 0 Å². The van der Waals surface area contributed by atoms with Crippen molar-refractivity contribution >= 4 is 17.5 Å². The summed E-state index contributed by atoms with van der Waals surface area (Å²) < 4.78 is 0. The molecule has 0 aromatic carbocycles. The van der Waals surface area contributed by atoms with Gasteiger partial charge in [0.25, 0.3) is 5.91 Å². The highest BCUT2D eigenvalue weighted by Crippen LogP contribution is 2.19. The van der Waals surface area contributed by atoms with Gasteiger partial charge in [-0.25, -0.2) is 0 Å². The molecule has 2 heterocycles. The molecule has 0 saturated carbocycles. The highest BCUT2D eigenvalue weighted by molar-refractivity contribution is 6.29. The number of pyridine rings is 1. The molecule has 2 rings (SSSR count). The van der Waals surface area contributed by atoms with Gasteiger partial charge in [0.2, 0.25) is 0 Å². The van der Waals surface area contributed by atoms with Crippen LogP contribution in [-0.4, -0.2) is 33.0 Å². The summed E-state index contributed by atoms with van der Waals surface area (Å²) in [5.41, 5.74) is 1.28. The number of halogens is 1. The van der Waals surface area contributed by atoms with E-state index < -0.39 is 0 Å². The molecule has 0 fully saturated rings. The number of rotatable bonds is 3. The van der Waals surface area contributed by atoms with Gasteiger partial charge in [0.05, 0.1) is 6.04 Å². The summed E-state index contributed by atoms with van der Waals surface area (Å²) in [7, 11) is 1.73. The summed E-state index contributed by atoms with van der Waals surface area (Å²) in [6.45, 7) is 1.94. The maximum absolute atomic E-state index is 12.2. The topological polar surface area (TPSA) is 59.0 Å². The second kappa shape index (κ2) is 5.75. The second-order valence-corrected chi connectivity index (χ2v) is 4.50. The molecule has 0 aliphatic carbocycles. The minimum absolute atomic E-state index is 0.0759. The van der Waals surface area contributed by atoms with Crippen LogP contribution in [0.25, 0.3) is 0 Å². The lowest BCUT2D eigenvalue weighted by atomic mass is 10.1. The van der Waals surface area contributed by atoms with Crippen LogP contribution in [0, 0.1) is 0 Å². The Morgan fingerprint density at radius 3 is 2.47 bits per heavy atom. The fourth-order valence-electron chi connectivity index (χ4n) is 1.65. The molecule has 0 spiro atoms. The number of hydrogen-bond donors (Lipinski definition) is 0. The van der Waals surface area contributed by atoms with E-state index in [0.717, 1.165) is 5.56 Å². The molecule has 5 nitrogen and oxygen atoms in total. The zero-order chi connectivity index (χ0) is 13.8. The van der Waals surface area contributed by atoms with Gasteiger partial charge in [0.1, 0.15) is 0 Å². The summed E-state index contributed by atoms with van der Waals surface area (Å²) >= 11 is 5.65. The molecule has 0 bridgehead atoms. The van der Waals surface area contributed by atoms with Crippen molar-refractivity contribution in [2.75, 3.05) is 7.05 Å². The van der Waals surface area contributed by atoms with Gasteiger partial charge in [0.15, 0.2) is 10.8 Å². The Labute approximate surface area is 116 Å². The molecule has 0 N–H and O–H groups in total. The molecule has 1 unspecified atom stereocenters. The molecular formula is C13H13ClN4O. The standard InChI is InChI=1S/C13H13ClN4O/c1-9(10-5-7-15-8-6-10)18(2)13(19)11-3-4-12(14)17-16-11/h3-9H,1-2H3. The average Bonchev–Trinajstić information content (AvgIpc) is 2.46. The number of hydrogen-bond acceptors (Lipinski definition) is 4. The van der Waals surface area contributed by atoms with E-state index in [2.05, 4.69) is 15.2 Å². The van der Waals surface area contributed by atoms with Crippen LogP contribution >= 0.6 is 11.6 Å². The summed E-state index contributed by atoms with van der Waals surface area (Å²) in [6.07, 6.45) is 3.40. The molecule has 0 saturated heterocycles. The summed E-state index contributed by atoms with van der Waals surface area (Å²) in [5, 5.41) is 7.73. The van der Waals surface area contributed by atoms with Crippen LogP contribution in [0.5, 0.6) is 0 Å². The Balaban J connectivity index is 2.17. The first-order chi connectivity index (χ1) is 9.09. The molecule has 1 atom stereocenters. The Morgan fingerprint density at radius 2 is 1.89 bits per heavy atom. The fourth-order valence-corrected chi connectivity index (χ4v) is 1.75. The van der Waals surface area contributed by atoms with Gasteiger partial charge in [-0.3, -0.25) is 9.78 Å². The van der Waals surface area contributed by atoms with E-state index in [1.54, 1.807) is 36.5 Å². The first-order valence-corrected chi connectivity index (χ1v) is 6.13. The number of amides is 1. The summed E-state index contributed by atoms with van der Waals surface area (Å²) in [4.78, 5) is 17.8. The van der Waals surface area contributed by atoms with Crippen molar-refractivity contribution in [3.63, 3.8) is 0 Å². The maximum Gasteiger partial charge on any atom is 0.274 e. The molecule has 0 aliphatic rings. The quantitative estimate of drug-likeness (QED) is 0.863. The SMILES string of the molecule is CC(c1ccncc1)N(C)C(=O)c1ccc(Cl)nn1. The van der Waals surface area contributed by atoms with Gasteiger partial charge >= 0.3 is 0 Å². The van der Waals surface area contributed by atoms with E-state index in [1.165, 1.54) is 0 Å². The lowest BCUT2D eigenvalue weighted by Gasteiger charge is -2.24. The van der Waals surface area contributed by atoms with Crippen molar-refractivity contribution in [1.82, 2.24) is 20.1 Å². The third-order valence-electron chi connectivity index (χ3n) is 2.94. The van der Waals surface area contributed by atoms with Crippen molar-refractivity contribution in [2.45, 2.75) is 13.0 Å². The predicted molar refractivity (Wildman–Crippen MR) is 71.8 cm³/mol.